The van der Waals surface area contributed by atoms with E-state index in [1.54, 1.807) is 12.4 Å². The van der Waals surface area contributed by atoms with Crippen LogP contribution in [0.25, 0.3) is 5.65 Å². The Bertz CT molecular complexity index is 485. The van der Waals surface area contributed by atoms with Crippen molar-refractivity contribution in [3.63, 3.8) is 0 Å². The molecule has 2 aromatic rings. The highest BCUT2D eigenvalue weighted by Gasteiger charge is 2.05. The van der Waals surface area contributed by atoms with Crippen molar-refractivity contribution in [1.82, 2.24) is 25.0 Å². The number of aliphatic carboxylic acids is 1. The van der Waals surface area contributed by atoms with Gasteiger partial charge in [0.2, 0.25) is 0 Å². The Kier molecular flexibility index (Phi) is 2.77. The largest absolute Gasteiger partial charge is 0.481 e. The van der Waals surface area contributed by atoms with Crippen LogP contribution in [0.3, 0.4) is 0 Å². The summed E-state index contributed by atoms with van der Waals surface area (Å²) in [6.07, 6.45) is 3.25. The standard InChI is InChI=1S/C7H7N5O2S/c13-7(14)1-2-15-6-4-8-3-5-9-10-11-12(5)6/h3-4H,1-2H2,(H,13,14). The summed E-state index contributed by atoms with van der Waals surface area (Å²) >= 11 is 1.36. The van der Waals surface area contributed by atoms with Crippen LogP contribution in [0.4, 0.5) is 0 Å². The smallest absolute Gasteiger partial charge is 0.304 e. The van der Waals surface area contributed by atoms with Crippen LogP contribution < -0.4 is 0 Å². The number of tetrazole rings is 1. The number of carboxylic acid groups (broad SMARTS) is 1. The number of aromatic nitrogens is 5. The summed E-state index contributed by atoms with van der Waals surface area (Å²) in [4.78, 5) is 14.3. The van der Waals surface area contributed by atoms with Crippen molar-refractivity contribution in [3.8, 4) is 0 Å². The van der Waals surface area contributed by atoms with Crippen molar-refractivity contribution in [3.05, 3.63) is 12.4 Å². The van der Waals surface area contributed by atoms with E-state index in [0.717, 1.165) is 5.03 Å². The van der Waals surface area contributed by atoms with Crippen LogP contribution in [0.15, 0.2) is 17.4 Å². The molecule has 0 aliphatic carbocycles. The molecule has 0 fully saturated rings. The first-order valence-electron chi connectivity index (χ1n) is 4.14. The summed E-state index contributed by atoms with van der Waals surface area (Å²) in [5.74, 6) is -0.352. The third-order valence-electron chi connectivity index (χ3n) is 1.64. The van der Waals surface area contributed by atoms with Crippen molar-refractivity contribution in [2.45, 2.75) is 11.4 Å². The molecule has 0 saturated carbocycles. The third kappa shape index (κ3) is 2.21. The molecule has 7 nitrogen and oxygen atoms in total. The van der Waals surface area contributed by atoms with Crippen LogP contribution in [-0.2, 0) is 4.79 Å². The maximum atomic E-state index is 10.3. The number of thioether (sulfide) groups is 1. The van der Waals surface area contributed by atoms with Gasteiger partial charge in [0.25, 0.3) is 0 Å². The van der Waals surface area contributed by atoms with Crippen LogP contribution in [-0.4, -0.2) is 41.9 Å². The zero-order valence-electron chi connectivity index (χ0n) is 7.57. The normalized spacial score (nSPS) is 10.7. The predicted octanol–water partition coefficient (Wildman–Crippen LogP) is 0.0861. The Hall–Kier alpha value is -1.70. The van der Waals surface area contributed by atoms with Gasteiger partial charge >= 0.3 is 5.97 Å². The molecule has 2 heterocycles. The molecule has 2 aromatic heterocycles. The summed E-state index contributed by atoms with van der Waals surface area (Å²) < 4.78 is 1.53. The average molecular weight is 225 g/mol. The first kappa shape index (κ1) is 9.84. The second kappa shape index (κ2) is 4.22. The van der Waals surface area contributed by atoms with Crippen molar-refractivity contribution in [1.29, 1.82) is 0 Å². The van der Waals surface area contributed by atoms with Gasteiger partial charge in [0.05, 0.1) is 18.8 Å². The molecule has 0 atom stereocenters. The minimum absolute atomic E-state index is 0.100. The Labute approximate surface area is 88.5 Å². The maximum Gasteiger partial charge on any atom is 0.304 e. The van der Waals surface area contributed by atoms with Crippen LogP contribution >= 0.6 is 11.8 Å². The molecule has 0 bridgehead atoms. The van der Waals surface area contributed by atoms with Crippen molar-refractivity contribution >= 4 is 23.4 Å². The van der Waals surface area contributed by atoms with Gasteiger partial charge in [0.1, 0.15) is 5.03 Å². The van der Waals surface area contributed by atoms with Crippen molar-refractivity contribution < 1.29 is 9.90 Å². The number of hydrogen-bond donors (Lipinski definition) is 1. The first-order chi connectivity index (χ1) is 7.27. The second-order valence-electron chi connectivity index (χ2n) is 2.69. The fraction of sp³-hybridized carbons (Fsp3) is 0.286. The minimum atomic E-state index is -0.820. The van der Waals surface area contributed by atoms with Gasteiger partial charge in [-0.25, -0.2) is 0 Å². The predicted molar refractivity (Wildman–Crippen MR) is 51.6 cm³/mol. The van der Waals surface area contributed by atoms with E-state index in [-0.39, 0.29) is 6.42 Å². The molecule has 15 heavy (non-hydrogen) atoms. The van der Waals surface area contributed by atoms with Crippen LogP contribution in [0.5, 0.6) is 0 Å². The van der Waals surface area contributed by atoms with Crippen molar-refractivity contribution in [2.75, 3.05) is 5.75 Å². The van der Waals surface area contributed by atoms with Gasteiger partial charge < -0.3 is 5.11 Å². The maximum absolute atomic E-state index is 10.3. The SMILES string of the molecule is O=C(O)CCSc1cncc2nnnn12. The number of nitrogens with zero attached hydrogens (tertiary/aromatic N) is 5. The first-order valence-corrected chi connectivity index (χ1v) is 5.12. The molecule has 8 heteroatoms. The van der Waals surface area contributed by atoms with E-state index < -0.39 is 5.97 Å². The van der Waals surface area contributed by atoms with E-state index in [1.807, 2.05) is 0 Å². The van der Waals surface area contributed by atoms with Gasteiger partial charge in [-0.3, -0.25) is 9.78 Å². The highest BCUT2D eigenvalue weighted by molar-refractivity contribution is 7.99. The van der Waals surface area contributed by atoms with Gasteiger partial charge in [0.15, 0.2) is 5.65 Å². The Morgan fingerprint density at radius 3 is 3.20 bits per heavy atom. The number of hydrogen-bond acceptors (Lipinski definition) is 6. The monoisotopic (exact) mass is 225 g/mol. The molecule has 0 aliphatic heterocycles. The van der Waals surface area contributed by atoms with Crippen molar-refractivity contribution in [2.24, 2.45) is 0 Å². The van der Waals surface area contributed by atoms with Crippen LogP contribution in [0.2, 0.25) is 0 Å². The molecule has 0 spiro atoms. The quantitative estimate of drug-likeness (QED) is 0.736. The van der Waals surface area contributed by atoms with Crippen LogP contribution in [0, 0.1) is 0 Å². The minimum Gasteiger partial charge on any atom is -0.481 e. The summed E-state index contributed by atoms with van der Waals surface area (Å²) in [6.45, 7) is 0. The molecule has 0 amide bonds. The Balaban J connectivity index is 2.13. The molecular formula is C7H7N5O2S. The Morgan fingerprint density at radius 1 is 1.53 bits per heavy atom. The molecule has 0 unspecified atom stereocenters. The lowest BCUT2D eigenvalue weighted by Crippen LogP contribution is -1.98. The van der Waals surface area contributed by atoms with E-state index in [0.29, 0.717) is 11.4 Å². The number of carboxylic acids is 1. The van der Waals surface area contributed by atoms with E-state index in [4.69, 9.17) is 5.11 Å². The zero-order valence-corrected chi connectivity index (χ0v) is 8.39. The zero-order chi connectivity index (χ0) is 10.7. The molecule has 1 N–H and O–H groups in total. The Morgan fingerprint density at radius 2 is 2.40 bits per heavy atom. The van der Waals surface area contributed by atoms with Crippen LogP contribution in [0.1, 0.15) is 6.42 Å². The summed E-state index contributed by atoms with van der Waals surface area (Å²) in [6, 6.07) is 0. The summed E-state index contributed by atoms with van der Waals surface area (Å²) in [7, 11) is 0. The molecule has 0 aromatic carbocycles. The molecule has 2 rings (SSSR count). The lowest BCUT2D eigenvalue weighted by Gasteiger charge is -1.99. The van der Waals surface area contributed by atoms with E-state index >= 15 is 0 Å². The highest BCUT2D eigenvalue weighted by Crippen LogP contribution is 2.17. The molecule has 0 radical (unpaired) electrons. The fourth-order valence-corrected chi connectivity index (χ4v) is 1.87. The van der Waals surface area contributed by atoms with Gasteiger partial charge in [0, 0.05) is 5.75 Å². The summed E-state index contributed by atoms with van der Waals surface area (Å²) in [5, 5.41) is 20.2. The van der Waals surface area contributed by atoms with Gasteiger partial charge in [-0.15, -0.1) is 16.9 Å². The number of carbonyl (C=O) groups is 1. The van der Waals surface area contributed by atoms with Gasteiger partial charge in [-0.2, -0.15) is 4.52 Å². The third-order valence-corrected chi connectivity index (χ3v) is 2.63. The molecule has 78 valence electrons. The molecule has 0 saturated heterocycles. The topological polar surface area (TPSA) is 93.3 Å². The number of fused-ring (bicyclic) bond motifs is 1. The lowest BCUT2D eigenvalue weighted by molar-refractivity contribution is -0.136. The van der Waals surface area contributed by atoms with Gasteiger partial charge in [-0.1, -0.05) is 0 Å². The summed E-state index contributed by atoms with van der Waals surface area (Å²) in [5.41, 5.74) is 0.551. The highest BCUT2D eigenvalue weighted by atomic mass is 32.2. The van der Waals surface area contributed by atoms with Gasteiger partial charge in [-0.05, 0) is 10.4 Å². The molecule has 0 aliphatic rings. The van der Waals surface area contributed by atoms with E-state index in [2.05, 4.69) is 20.5 Å². The van der Waals surface area contributed by atoms with E-state index in [1.165, 1.54) is 16.3 Å². The second-order valence-corrected chi connectivity index (χ2v) is 3.80. The fourth-order valence-electron chi connectivity index (χ4n) is 0.995. The lowest BCUT2D eigenvalue weighted by atomic mass is 10.5. The molecular weight excluding hydrogens is 218 g/mol. The van der Waals surface area contributed by atoms with E-state index in [9.17, 15) is 4.79 Å². The number of rotatable bonds is 4. The average Bonchev–Trinajstić information content (AvgIpc) is 2.65.